The van der Waals surface area contributed by atoms with Crippen LogP contribution in [-0.4, -0.2) is 18.1 Å². The third kappa shape index (κ3) is 2.23. The fourth-order valence-corrected chi connectivity index (χ4v) is 2.24. The number of hydrogen-bond acceptors (Lipinski definition) is 3. The molecule has 0 saturated heterocycles. The summed E-state index contributed by atoms with van der Waals surface area (Å²) in [4.78, 5) is 15.0. The van der Waals surface area contributed by atoms with Crippen LogP contribution < -0.4 is 0 Å². The van der Waals surface area contributed by atoms with Crippen LogP contribution in [0.15, 0.2) is 24.3 Å². The molecule has 1 aromatic heterocycles. The molecule has 0 atom stereocenters. The van der Waals surface area contributed by atoms with Gasteiger partial charge in [-0.15, -0.1) is 0 Å². The first-order chi connectivity index (χ1) is 9.08. The van der Waals surface area contributed by atoms with Crippen LogP contribution in [0, 0.1) is 25.2 Å². The molecule has 0 aliphatic rings. The van der Waals surface area contributed by atoms with Crippen LogP contribution in [0.2, 0.25) is 0 Å². The highest BCUT2D eigenvalue weighted by molar-refractivity contribution is 5.99. The van der Waals surface area contributed by atoms with Crippen molar-refractivity contribution in [2.45, 2.75) is 13.8 Å². The highest BCUT2D eigenvalue weighted by Gasteiger charge is 2.21. The summed E-state index contributed by atoms with van der Waals surface area (Å²) in [6, 6.07) is 9.28. The van der Waals surface area contributed by atoms with Gasteiger partial charge in [0.15, 0.2) is 0 Å². The summed E-state index contributed by atoms with van der Waals surface area (Å²) in [5, 5.41) is 8.96. The second kappa shape index (κ2) is 4.99. The van der Waals surface area contributed by atoms with E-state index in [2.05, 4.69) is 11.1 Å². The Morgan fingerprint density at radius 1 is 1.32 bits per heavy atom. The van der Waals surface area contributed by atoms with Crippen LogP contribution in [0.4, 0.5) is 0 Å². The highest BCUT2D eigenvalue weighted by atomic mass is 16.5. The Balaban J connectivity index is 2.68. The Bertz CT molecular complexity index is 678. The summed E-state index contributed by atoms with van der Waals surface area (Å²) in [5.74, 6) is -0.376. The number of carbonyl (C=O) groups excluding carboxylic acids is 1. The topological polar surface area (TPSA) is 65.9 Å². The van der Waals surface area contributed by atoms with Gasteiger partial charge in [-0.25, -0.2) is 4.79 Å². The number of carbonyl (C=O) groups is 1. The van der Waals surface area contributed by atoms with Crippen LogP contribution in [0.5, 0.6) is 0 Å². The van der Waals surface area contributed by atoms with Gasteiger partial charge in [0.1, 0.15) is 0 Å². The van der Waals surface area contributed by atoms with Gasteiger partial charge >= 0.3 is 5.97 Å². The maximum atomic E-state index is 11.9. The van der Waals surface area contributed by atoms with E-state index in [0.29, 0.717) is 11.1 Å². The Labute approximate surface area is 111 Å². The van der Waals surface area contributed by atoms with Crippen LogP contribution in [0.1, 0.15) is 27.3 Å². The fourth-order valence-electron chi connectivity index (χ4n) is 2.24. The standard InChI is InChI=1S/C15H14N2O2/c1-9-13(12-6-4-5-11(7-12)8-16)14(10(2)17-9)15(18)19-3/h4-7,17H,1-3H3. The first-order valence-electron chi connectivity index (χ1n) is 5.86. The minimum absolute atomic E-state index is 0.376. The zero-order valence-corrected chi connectivity index (χ0v) is 11.1. The molecule has 4 heteroatoms. The number of methoxy groups -OCH3 is 1. The van der Waals surface area contributed by atoms with Gasteiger partial charge in [-0.3, -0.25) is 0 Å². The summed E-state index contributed by atoms with van der Waals surface area (Å²) >= 11 is 0. The second-order valence-electron chi connectivity index (χ2n) is 4.31. The molecule has 19 heavy (non-hydrogen) atoms. The van der Waals surface area contributed by atoms with Crippen LogP contribution in [-0.2, 0) is 4.74 Å². The van der Waals surface area contributed by atoms with Gasteiger partial charge in [0.25, 0.3) is 0 Å². The van der Waals surface area contributed by atoms with Gasteiger partial charge < -0.3 is 9.72 Å². The Hall–Kier alpha value is -2.54. The van der Waals surface area contributed by atoms with E-state index in [-0.39, 0.29) is 5.97 Å². The molecule has 0 bridgehead atoms. The lowest BCUT2D eigenvalue weighted by molar-refractivity contribution is 0.0601. The molecule has 2 aromatic rings. The lowest BCUT2D eigenvalue weighted by atomic mass is 9.99. The van der Waals surface area contributed by atoms with Crippen molar-refractivity contribution < 1.29 is 9.53 Å². The zero-order valence-electron chi connectivity index (χ0n) is 11.1. The Morgan fingerprint density at radius 2 is 2.05 bits per heavy atom. The van der Waals surface area contributed by atoms with Gasteiger partial charge in [0, 0.05) is 17.0 Å². The van der Waals surface area contributed by atoms with E-state index in [1.807, 2.05) is 19.9 Å². The van der Waals surface area contributed by atoms with Crippen molar-refractivity contribution in [3.8, 4) is 17.2 Å². The molecular formula is C15H14N2O2. The van der Waals surface area contributed by atoms with Crippen LogP contribution in [0.3, 0.4) is 0 Å². The molecular weight excluding hydrogens is 240 g/mol. The average molecular weight is 254 g/mol. The number of ether oxygens (including phenoxy) is 1. The number of hydrogen-bond donors (Lipinski definition) is 1. The summed E-state index contributed by atoms with van der Waals surface area (Å²) < 4.78 is 4.83. The number of esters is 1. The quantitative estimate of drug-likeness (QED) is 0.838. The van der Waals surface area contributed by atoms with E-state index in [1.54, 1.807) is 18.2 Å². The van der Waals surface area contributed by atoms with Crippen molar-refractivity contribution in [3.05, 3.63) is 46.8 Å². The molecule has 0 amide bonds. The number of aromatic amines is 1. The number of benzene rings is 1. The van der Waals surface area contributed by atoms with Gasteiger partial charge in [0.2, 0.25) is 0 Å². The molecule has 0 fully saturated rings. The molecule has 1 aromatic carbocycles. The lowest BCUT2D eigenvalue weighted by Crippen LogP contribution is -2.03. The third-order valence-corrected chi connectivity index (χ3v) is 3.04. The molecule has 0 aliphatic carbocycles. The van der Waals surface area contributed by atoms with Crippen molar-refractivity contribution in [1.82, 2.24) is 4.98 Å². The molecule has 4 nitrogen and oxygen atoms in total. The molecule has 0 spiro atoms. The molecule has 0 saturated carbocycles. The minimum atomic E-state index is -0.376. The maximum Gasteiger partial charge on any atom is 0.340 e. The molecule has 1 heterocycles. The van der Waals surface area contributed by atoms with E-state index in [4.69, 9.17) is 10.00 Å². The fraction of sp³-hybridized carbons (Fsp3) is 0.200. The number of rotatable bonds is 2. The normalized spacial score (nSPS) is 10.0. The molecule has 0 unspecified atom stereocenters. The predicted molar refractivity (Wildman–Crippen MR) is 71.8 cm³/mol. The first-order valence-corrected chi connectivity index (χ1v) is 5.86. The summed E-state index contributed by atoms with van der Waals surface area (Å²) in [5.41, 5.74) is 4.36. The lowest BCUT2D eigenvalue weighted by Gasteiger charge is -2.05. The second-order valence-corrected chi connectivity index (χ2v) is 4.31. The van der Waals surface area contributed by atoms with Gasteiger partial charge in [-0.05, 0) is 31.5 Å². The smallest absolute Gasteiger partial charge is 0.340 e. The van der Waals surface area contributed by atoms with Crippen molar-refractivity contribution in [1.29, 1.82) is 5.26 Å². The SMILES string of the molecule is COC(=O)c1c(C)[nH]c(C)c1-c1cccc(C#N)c1. The number of nitriles is 1. The monoisotopic (exact) mass is 254 g/mol. The van der Waals surface area contributed by atoms with E-state index in [9.17, 15) is 4.79 Å². The minimum Gasteiger partial charge on any atom is -0.465 e. The Morgan fingerprint density at radius 3 is 2.68 bits per heavy atom. The van der Waals surface area contributed by atoms with Crippen molar-refractivity contribution >= 4 is 5.97 Å². The first kappa shape index (κ1) is 12.9. The predicted octanol–water partition coefficient (Wildman–Crippen LogP) is 2.96. The van der Waals surface area contributed by atoms with Crippen molar-refractivity contribution in [2.75, 3.05) is 7.11 Å². The number of H-pyrrole nitrogens is 1. The van der Waals surface area contributed by atoms with Crippen molar-refractivity contribution in [3.63, 3.8) is 0 Å². The molecule has 0 radical (unpaired) electrons. The number of nitrogens with one attached hydrogen (secondary N) is 1. The molecule has 2 rings (SSSR count). The summed E-state index contributed by atoms with van der Waals surface area (Å²) in [6.07, 6.45) is 0. The van der Waals surface area contributed by atoms with E-state index in [0.717, 1.165) is 22.5 Å². The third-order valence-electron chi connectivity index (χ3n) is 3.04. The summed E-state index contributed by atoms with van der Waals surface area (Å²) in [6.45, 7) is 3.73. The average Bonchev–Trinajstić information content (AvgIpc) is 2.72. The van der Waals surface area contributed by atoms with E-state index < -0.39 is 0 Å². The molecule has 0 aliphatic heterocycles. The molecule has 1 N–H and O–H groups in total. The maximum absolute atomic E-state index is 11.9. The number of nitrogens with zero attached hydrogens (tertiary/aromatic N) is 1. The van der Waals surface area contributed by atoms with E-state index >= 15 is 0 Å². The number of aromatic nitrogens is 1. The van der Waals surface area contributed by atoms with Gasteiger partial charge in [0.05, 0.1) is 24.3 Å². The van der Waals surface area contributed by atoms with Gasteiger partial charge in [-0.1, -0.05) is 12.1 Å². The molecule has 96 valence electrons. The Kier molecular flexibility index (Phi) is 3.39. The summed E-state index contributed by atoms with van der Waals surface area (Å²) in [7, 11) is 1.36. The van der Waals surface area contributed by atoms with Crippen molar-refractivity contribution in [2.24, 2.45) is 0 Å². The van der Waals surface area contributed by atoms with Gasteiger partial charge in [-0.2, -0.15) is 5.26 Å². The number of aryl methyl sites for hydroxylation is 2. The van der Waals surface area contributed by atoms with E-state index in [1.165, 1.54) is 7.11 Å². The largest absolute Gasteiger partial charge is 0.465 e. The zero-order chi connectivity index (χ0) is 14.0. The van der Waals surface area contributed by atoms with Crippen LogP contribution >= 0.6 is 0 Å². The highest BCUT2D eigenvalue weighted by Crippen LogP contribution is 2.30. The van der Waals surface area contributed by atoms with Crippen LogP contribution in [0.25, 0.3) is 11.1 Å².